The molecule has 194 valence electrons. The lowest BCUT2D eigenvalue weighted by atomic mass is 9.82. The van der Waals surface area contributed by atoms with Crippen molar-refractivity contribution in [3.05, 3.63) is 84.9 Å². The van der Waals surface area contributed by atoms with Crippen molar-refractivity contribution in [3.8, 4) is 0 Å². The van der Waals surface area contributed by atoms with Gasteiger partial charge in [-0.3, -0.25) is 19.3 Å². The van der Waals surface area contributed by atoms with Gasteiger partial charge in [0.1, 0.15) is 0 Å². The molecule has 0 bridgehead atoms. The molecule has 0 aromatic heterocycles. The summed E-state index contributed by atoms with van der Waals surface area (Å²) in [5.41, 5.74) is 2.40. The number of nitrogens with one attached hydrogen (secondary N) is 1. The van der Waals surface area contributed by atoms with Gasteiger partial charge in [0.05, 0.1) is 28.5 Å². The van der Waals surface area contributed by atoms with E-state index in [1.165, 1.54) is 11.8 Å². The van der Waals surface area contributed by atoms with Crippen LogP contribution in [0.2, 0.25) is 0 Å². The maximum Gasteiger partial charge on any atom is 0.307 e. The summed E-state index contributed by atoms with van der Waals surface area (Å²) in [6.07, 6.45) is 5.11. The number of hydrogen-bond acceptors (Lipinski definition) is 5. The number of carboxylic acids is 1. The number of amides is 2. The molecule has 1 heterocycles. The summed E-state index contributed by atoms with van der Waals surface area (Å²) in [6.45, 7) is 2.01. The lowest BCUT2D eigenvalue weighted by Gasteiger charge is -2.33. The number of nitrogens with zero attached hydrogens (tertiary/aromatic N) is 1. The number of benzene rings is 3. The van der Waals surface area contributed by atoms with Crippen LogP contribution < -0.4 is 10.2 Å². The third kappa shape index (κ3) is 5.37. The number of thioether (sulfide) groups is 1. The third-order valence-corrected chi connectivity index (χ3v) is 9.28. The van der Waals surface area contributed by atoms with Gasteiger partial charge in [-0.05, 0) is 67.8 Å². The van der Waals surface area contributed by atoms with E-state index in [9.17, 15) is 19.5 Å². The van der Waals surface area contributed by atoms with E-state index in [-0.39, 0.29) is 17.1 Å². The van der Waals surface area contributed by atoms with E-state index in [1.54, 1.807) is 23.9 Å². The molecule has 2 amide bonds. The summed E-state index contributed by atoms with van der Waals surface area (Å²) in [4.78, 5) is 43.1. The van der Waals surface area contributed by atoms with Crippen LogP contribution in [-0.4, -0.2) is 28.1 Å². The van der Waals surface area contributed by atoms with Gasteiger partial charge in [0.25, 0.3) is 0 Å². The first-order valence-electron chi connectivity index (χ1n) is 12.6. The zero-order valence-corrected chi connectivity index (χ0v) is 22.5. The van der Waals surface area contributed by atoms with Crippen molar-refractivity contribution in [1.82, 2.24) is 0 Å². The number of fused-ring (bicyclic) bond motifs is 2. The van der Waals surface area contributed by atoms with Crippen LogP contribution >= 0.6 is 23.5 Å². The van der Waals surface area contributed by atoms with E-state index in [2.05, 4.69) is 5.32 Å². The van der Waals surface area contributed by atoms with E-state index >= 15 is 0 Å². The van der Waals surface area contributed by atoms with E-state index in [4.69, 9.17) is 0 Å². The van der Waals surface area contributed by atoms with Gasteiger partial charge in [-0.2, -0.15) is 0 Å². The summed E-state index contributed by atoms with van der Waals surface area (Å²) < 4.78 is 0. The topological polar surface area (TPSA) is 86.7 Å². The second-order valence-corrected chi connectivity index (χ2v) is 11.6. The number of hydrogen-bond donors (Lipinski definition) is 2. The van der Waals surface area contributed by atoms with Gasteiger partial charge < -0.3 is 10.4 Å². The number of carbonyl (C=O) groups excluding carboxylic acids is 2. The molecule has 3 atom stereocenters. The number of para-hydroxylation sites is 2. The summed E-state index contributed by atoms with van der Waals surface area (Å²) in [6, 6.07) is 23.3. The van der Waals surface area contributed by atoms with Gasteiger partial charge in [-0.15, -0.1) is 11.8 Å². The highest BCUT2D eigenvalue weighted by atomic mass is 32.2. The van der Waals surface area contributed by atoms with Gasteiger partial charge in [0.15, 0.2) is 0 Å². The first-order valence-corrected chi connectivity index (χ1v) is 14.3. The maximum atomic E-state index is 13.9. The van der Waals surface area contributed by atoms with Gasteiger partial charge in [0.2, 0.25) is 11.8 Å². The quantitative estimate of drug-likeness (QED) is 0.246. The second-order valence-electron chi connectivity index (χ2n) is 9.23. The van der Waals surface area contributed by atoms with E-state index in [0.717, 1.165) is 26.1 Å². The Morgan fingerprint density at radius 1 is 0.921 bits per heavy atom. The van der Waals surface area contributed by atoms with Crippen molar-refractivity contribution >= 4 is 58.4 Å². The molecule has 0 fully saturated rings. The number of carboxylic acid groups (broad SMARTS) is 1. The number of rotatable bonds is 7. The number of anilines is 3. The molecule has 6 nitrogen and oxygen atoms in total. The molecule has 2 aliphatic rings. The minimum Gasteiger partial charge on any atom is -0.481 e. The van der Waals surface area contributed by atoms with Crippen molar-refractivity contribution in [2.45, 2.75) is 46.1 Å². The molecule has 3 unspecified atom stereocenters. The second kappa shape index (κ2) is 11.5. The number of aliphatic carboxylic acids is 1. The predicted octanol–water partition coefficient (Wildman–Crippen LogP) is 6.99. The third-order valence-electron chi connectivity index (χ3n) is 6.79. The predicted molar refractivity (Wildman–Crippen MR) is 152 cm³/mol. The monoisotopic (exact) mass is 544 g/mol. The molecule has 0 saturated carbocycles. The van der Waals surface area contributed by atoms with E-state index < -0.39 is 17.8 Å². The fourth-order valence-electron chi connectivity index (χ4n) is 4.79. The largest absolute Gasteiger partial charge is 0.481 e. The number of carbonyl (C=O) groups is 3. The first kappa shape index (κ1) is 26.1. The molecule has 0 saturated heterocycles. The van der Waals surface area contributed by atoms with Crippen LogP contribution in [0.3, 0.4) is 0 Å². The molecule has 2 N–H and O–H groups in total. The van der Waals surface area contributed by atoms with E-state index in [0.29, 0.717) is 24.9 Å². The number of allylic oxidation sites excluding steroid dienone is 2. The Labute approximate surface area is 230 Å². The minimum atomic E-state index is -0.950. The maximum absolute atomic E-state index is 13.9. The van der Waals surface area contributed by atoms with Crippen molar-refractivity contribution in [1.29, 1.82) is 0 Å². The Bertz CT molecular complexity index is 1340. The van der Waals surface area contributed by atoms with Gasteiger partial charge in [0, 0.05) is 20.4 Å². The van der Waals surface area contributed by atoms with Crippen LogP contribution in [0.5, 0.6) is 0 Å². The standard InChI is InChI=1S/C30H28N2O4S2/c1-2-25(29(34)32-23-11-5-7-13-26(23)38-27-14-8-6-12-24(27)32)37-20-17-15-19(16-18-20)31-28(33)21-9-3-4-10-22(21)30(35)36/h3-8,11-18,21-22,25H,2,9-10H2,1H3,(H,31,33)(H,35,36). The first-order chi connectivity index (χ1) is 18.5. The van der Waals surface area contributed by atoms with Crippen molar-refractivity contribution < 1.29 is 19.5 Å². The highest BCUT2D eigenvalue weighted by Crippen LogP contribution is 2.48. The van der Waals surface area contributed by atoms with Crippen LogP contribution in [0.4, 0.5) is 17.1 Å². The van der Waals surface area contributed by atoms with Crippen molar-refractivity contribution in [2.75, 3.05) is 10.2 Å². The zero-order chi connectivity index (χ0) is 26.6. The lowest BCUT2D eigenvalue weighted by molar-refractivity contribution is -0.146. The molecule has 5 rings (SSSR count). The van der Waals surface area contributed by atoms with Crippen LogP contribution in [-0.2, 0) is 14.4 Å². The molecule has 1 aliphatic carbocycles. The van der Waals surface area contributed by atoms with Crippen LogP contribution in [0.25, 0.3) is 0 Å². The molecule has 38 heavy (non-hydrogen) atoms. The molecule has 1 aliphatic heterocycles. The van der Waals surface area contributed by atoms with Crippen LogP contribution in [0, 0.1) is 11.8 Å². The molecule has 0 radical (unpaired) electrons. The van der Waals surface area contributed by atoms with Crippen molar-refractivity contribution in [3.63, 3.8) is 0 Å². The highest BCUT2D eigenvalue weighted by molar-refractivity contribution is 8.00. The average Bonchev–Trinajstić information content (AvgIpc) is 2.95. The Morgan fingerprint density at radius 2 is 1.50 bits per heavy atom. The summed E-state index contributed by atoms with van der Waals surface area (Å²) in [5, 5.41) is 12.0. The Hall–Kier alpha value is -3.49. The molecule has 8 heteroatoms. The zero-order valence-electron chi connectivity index (χ0n) is 20.9. The van der Waals surface area contributed by atoms with E-state index in [1.807, 2.05) is 84.6 Å². The summed E-state index contributed by atoms with van der Waals surface area (Å²) in [7, 11) is 0. The SMILES string of the molecule is CCC(Sc1ccc(NC(=O)C2CC=CCC2C(=O)O)cc1)C(=O)N1c2ccccc2Sc2ccccc21. The fraction of sp³-hybridized carbons (Fsp3) is 0.233. The smallest absolute Gasteiger partial charge is 0.307 e. The molecule has 3 aromatic carbocycles. The van der Waals surface area contributed by atoms with Gasteiger partial charge >= 0.3 is 5.97 Å². The molecule has 3 aromatic rings. The summed E-state index contributed by atoms with van der Waals surface area (Å²) >= 11 is 3.18. The average molecular weight is 545 g/mol. The Balaban J connectivity index is 1.30. The van der Waals surface area contributed by atoms with Crippen molar-refractivity contribution in [2.24, 2.45) is 11.8 Å². The van der Waals surface area contributed by atoms with Gasteiger partial charge in [-0.1, -0.05) is 55.1 Å². The highest BCUT2D eigenvalue weighted by Gasteiger charge is 2.34. The Morgan fingerprint density at radius 3 is 2.08 bits per heavy atom. The van der Waals surface area contributed by atoms with Gasteiger partial charge in [-0.25, -0.2) is 0 Å². The Kier molecular flexibility index (Phi) is 7.90. The lowest BCUT2D eigenvalue weighted by Crippen LogP contribution is -2.35. The molecular formula is C30H28N2O4S2. The normalized spacial score (nSPS) is 18.7. The van der Waals surface area contributed by atoms with Crippen LogP contribution in [0.1, 0.15) is 26.2 Å². The summed E-state index contributed by atoms with van der Waals surface area (Å²) in [5.74, 6) is -2.52. The molecule has 0 spiro atoms. The fourth-order valence-corrected chi connectivity index (χ4v) is 6.84. The molecular weight excluding hydrogens is 516 g/mol. The van der Waals surface area contributed by atoms with Crippen LogP contribution in [0.15, 0.2) is 99.6 Å². The minimum absolute atomic E-state index is 0.0279.